The Morgan fingerprint density at radius 1 is 0.951 bits per heavy atom. The van der Waals surface area contributed by atoms with Gasteiger partial charge in [0.15, 0.2) is 0 Å². The number of aromatic amines is 1. The average molecular weight is 595 g/mol. The Balaban J connectivity index is 1.31. The van der Waals surface area contributed by atoms with Crippen LogP contribution in [0.2, 0.25) is 10.0 Å². The molecular formula is C33H37Cl2N3O3. The second kappa shape index (κ2) is 13.6. The molecule has 6 nitrogen and oxygen atoms in total. The van der Waals surface area contributed by atoms with Gasteiger partial charge in [0.1, 0.15) is 17.5 Å². The van der Waals surface area contributed by atoms with E-state index in [-0.39, 0.29) is 6.04 Å². The van der Waals surface area contributed by atoms with Crippen molar-refractivity contribution in [3.05, 3.63) is 93.6 Å². The number of benzene rings is 3. The van der Waals surface area contributed by atoms with Crippen LogP contribution in [0.15, 0.2) is 66.7 Å². The number of rotatable bonds is 11. The zero-order valence-corrected chi connectivity index (χ0v) is 25.1. The third-order valence-electron chi connectivity index (χ3n) is 7.43. The first-order valence-corrected chi connectivity index (χ1v) is 15.1. The number of carbonyl (C=O) groups excluding carboxylic acids is 1. The molecule has 2 N–H and O–H groups in total. The van der Waals surface area contributed by atoms with Crippen molar-refractivity contribution < 1.29 is 14.3 Å². The van der Waals surface area contributed by atoms with Gasteiger partial charge in [-0.3, -0.25) is 4.90 Å². The lowest BCUT2D eigenvalue weighted by Crippen LogP contribution is -2.42. The van der Waals surface area contributed by atoms with Crippen LogP contribution in [0.25, 0.3) is 10.9 Å². The maximum absolute atomic E-state index is 13.5. The molecule has 1 atom stereocenters. The number of ether oxygens (including phenoxy) is 2. The second-order valence-electron chi connectivity index (χ2n) is 10.8. The molecule has 0 saturated heterocycles. The molecule has 0 radical (unpaired) electrons. The summed E-state index contributed by atoms with van der Waals surface area (Å²) in [5.74, 6) is 1.28. The molecule has 8 heteroatoms. The number of halogens is 2. The van der Waals surface area contributed by atoms with Crippen LogP contribution in [0.4, 0.5) is 4.79 Å². The van der Waals surface area contributed by atoms with Gasteiger partial charge in [-0.25, -0.2) is 4.79 Å². The van der Waals surface area contributed by atoms with E-state index < -0.39 is 6.09 Å². The standard InChI is InChI=1S/C33H37Cl2N3O3/c1-22(2)36-18-5-3-4-6-20-40-26-12-7-23(8-13-26)32-31-28(29-21-25(35)11-16-30(29)37-31)17-19-38(32)33(39)41-27-14-9-24(34)10-15-27/h7-16,21-22,32,36-37H,3-6,17-20H2,1-2H3. The molecule has 2 heterocycles. The van der Waals surface area contributed by atoms with Gasteiger partial charge in [0.2, 0.25) is 0 Å². The smallest absolute Gasteiger partial charge is 0.416 e. The van der Waals surface area contributed by atoms with Crippen LogP contribution < -0.4 is 14.8 Å². The van der Waals surface area contributed by atoms with Gasteiger partial charge >= 0.3 is 6.09 Å². The molecule has 1 aliphatic heterocycles. The van der Waals surface area contributed by atoms with Crippen molar-refractivity contribution in [3.63, 3.8) is 0 Å². The van der Waals surface area contributed by atoms with Crippen LogP contribution >= 0.6 is 23.2 Å². The fourth-order valence-electron chi connectivity index (χ4n) is 5.37. The zero-order valence-electron chi connectivity index (χ0n) is 23.6. The number of aromatic nitrogens is 1. The number of amides is 1. The summed E-state index contributed by atoms with van der Waals surface area (Å²) >= 11 is 12.4. The molecule has 5 rings (SSSR count). The quantitative estimate of drug-likeness (QED) is 0.171. The van der Waals surface area contributed by atoms with Crippen molar-refractivity contribution >= 4 is 40.2 Å². The van der Waals surface area contributed by atoms with Crippen molar-refractivity contribution in [2.45, 2.75) is 58.0 Å². The van der Waals surface area contributed by atoms with E-state index in [0.29, 0.717) is 41.4 Å². The molecule has 0 bridgehead atoms. The lowest BCUT2D eigenvalue weighted by atomic mass is 9.92. The highest BCUT2D eigenvalue weighted by atomic mass is 35.5. The van der Waals surface area contributed by atoms with Crippen molar-refractivity contribution in [2.24, 2.45) is 0 Å². The number of fused-ring (bicyclic) bond motifs is 3. The molecule has 1 unspecified atom stereocenters. The van der Waals surface area contributed by atoms with E-state index in [1.165, 1.54) is 18.4 Å². The van der Waals surface area contributed by atoms with Crippen molar-refractivity contribution in [3.8, 4) is 11.5 Å². The van der Waals surface area contributed by atoms with E-state index >= 15 is 0 Å². The molecule has 0 saturated carbocycles. The van der Waals surface area contributed by atoms with E-state index in [1.54, 1.807) is 29.2 Å². The molecule has 3 aromatic carbocycles. The zero-order chi connectivity index (χ0) is 28.8. The summed E-state index contributed by atoms with van der Waals surface area (Å²) < 4.78 is 11.8. The van der Waals surface area contributed by atoms with Crippen LogP contribution in [0, 0.1) is 0 Å². The molecule has 1 aliphatic rings. The number of nitrogens with zero attached hydrogens (tertiary/aromatic N) is 1. The Morgan fingerprint density at radius 2 is 1.66 bits per heavy atom. The summed E-state index contributed by atoms with van der Waals surface area (Å²) in [6, 6.07) is 20.9. The van der Waals surface area contributed by atoms with Gasteiger partial charge in [0.05, 0.1) is 6.61 Å². The van der Waals surface area contributed by atoms with Crippen LogP contribution in [0.1, 0.15) is 62.4 Å². The summed E-state index contributed by atoms with van der Waals surface area (Å²) in [6.07, 6.45) is 4.84. The highest BCUT2D eigenvalue weighted by Gasteiger charge is 2.35. The molecule has 1 amide bonds. The molecule has 0 spiro atoms. The predicted octanol–water partition coefficient (Wildman–Crippen LogP) is 8.56. The number of hydrogen-bond acceptors (Lipinski definition) is 4. The summed E-state index contributed by atoms with van der Waals surface area (Å²) in [4.78, 5) is 18.8. The monoisotopic (exact) mass is 593 g/mol. The fourth-order valence-corrected chi connectivity index (χ4v) is 5.67. The molecule has 4 aromatic rings. The normalized spacial score (nSPS) is 14.9. The van der Waals surface area contributed by atoms with Gasteiger partial charge in [0.25, 0.3) is 0 Å². The van der Waals surface area contributed by atoms with Crippen molar-refractivity contribution in [1.82, 2.24) is 15.2 Å². The Bertz CT molecular complexity index is 1450. The summed E-state index contributed by atoms with van der Waals surface area (Å²) in [6.45, 7) is 6.61. The minimum atomic E-state index is -0.413. The lowest BCUT2D eigenvalue weighted by molar-refractivity contribution is 0.135. The Hall–Kier alpha value is -3.19. The molecule has 0 aliphatic carbocycles. The van der Waals surface area contributed by atoms with Crippen LogP contribution in [0.3, 0.4) is 0 Å². The summed E-state index contributed by atoms with van der Waals surface area (Å²) in [5.41, 5.74) is 4.12. The van der Waals surface area contributed by atoms with Gasteiger partial charge < -0.3 is 19.8 Å². The van der Waals surface area contributed by atoms with Crippen LogP contribution in [-0.2, 0) is 6.42 Å². The van der Waals surface area contributed by atoms with E-state index in [0.717, 1.165) is 47.3 Å². The molecule has 1 aromatic heterocycles. The number of unbranched alkanes of at least 4 members (excludes halogenated alkanes) is 3. The number of H-pyrrole nitrogens is 1. The topological polar surface area (TPSA) is 66.6 Å². The molecule has 41 heavy (non-hydrogen) atoms. The first kappa shape index (κ1) is 29.3. The van der Waals surface area contributed by atoms with Gasteiger partial charge in [-0.1, -0.05) is 62.0 Å². The highest BCUT2D eigenvalue weighted by molar-refractivity contribution is 6.31. The number of hydrogen-bond donors (Lipinski definition) is 2. The molecular weight excluding hydrogens is 557 g/mol. The second-order valence-corrected chi connectivity index (χ2v) is 11.7. The summed E-state index contributed by atoms with van der Waals surface area (Å²) in [5, 5.41) is 5.82. The Morgan fingerprint density at radius 3 is 2.41 bits per heavy atom. The minimum Gasteiger partial charge on any atom is -0.494 e. The van der Waals surface area contributed by atoms with E-state index in [4.69, 9.17) is 32.7 Å². The van der Waals surface area contributed by atoms with E-state index in [2.05, 4.69) is 24.1 Å². The van der Waals surface area contributed by atoms with Gasteiger partial charge in [0, 0.05) is 39.2 Å². The highest BCUT2D eigenvalue weighted by Crippen LogP contribution is 2.40. The third-order valence-corrected chi connectivity index (χ3v) is 7.92. The minimum absolute atomic E-state index is 0.349. The van der Waals surface area contributed by atoms with Crippen molar-refractivity contribution in [2.75, 3.05) is 19.7 Å². The maximum Gasteiger partial charge on any atom is 0.416 e. The number of carbonyl (C=O) groups is 1. The van der Waals surface area contributed by atoms with Crippen LogP contribution in [0.5, 0.6) is 11.5 Å². The Kier molecular flexibility index (Phi) is 9.76. The predicted molar refractivity (Wildman–Crippen MR) is 167 cm³/mol. The van der Waals surface area contributed by atoms with Crippen molar-refractivity contribution in [1.29, 1.82) is 0 Å². The third kappa shape index (κ3) is 7.37. The maximum atomic E-state index is 13.5. The average Bonchev–Trinajstić information content (AvgIpc) is 3.33. The van der Waals surface area contributed by atoms with Gasteiger partial charge in [-0.2, -0.15) is 0 Å². The Labute approximate surface area is 251 Å². The molecule has 216 valence electrons. The summed E-state index contributed by atoms with van der Waals surface area (Å²) in [7, 11) is 0. The van der Waals surface area contributed by atoms with Crippen LogP contribution in [-0.4, -0.2) is 41.7 Å². The fraction of sp³-hybridized carbons (Fsp3) is 0.364. The van der Waals surface area contributed by atoms with E-state index in [1.807, 2.05) is 42.5 Å². The first-order chi connectivity index (χ1) is 19.9. The largest absolute Gasteiger partial charge is 0.494 e. The van der Waals surface area contributed by atoms with Gasteiger partial charge in [-0.05, 0) is 91.5 Å². The first-order valence-electron chi connectivity index (χ1n) is 14.4. The number of nitrogens with one attached hydrogen (secondary N) is 2. The molecule has 0 fully saturated rings. The lowest BCUT2D eigenvalue weighted by Gasteiger charge is -2.35. The van der Waals surface area contributed by atoms with E-state index in [9.17, 15) is 4.79 Å². The van der Waals surface area contributed by atoms with Gasteiger partial charge in [-0.15, -0.1) is 0 Å². The SMILES string of the molecule is CC(C)NCCCCCCOc1ccc(C2c3[nH]c4ccc(Cl)cc4c3CCN2C(=O)Oc2ccc(Cl)cc2)cc1.